The Morgan fingerprint density at radius 2 is 1.83 bits per heavy atom. The first-order valence-corrected chi connectivity index (χ1v) is 6.69. The van der Waals surface area contributed by atoms with Gasteiger partial charge in [-0.15, -0.1) is 0 Å². The lowest BCUT2D eigenvalue weighted by molar-refractivity contribution is 0.507. The lowest BCUT2D eigenvalue weighted by Crippen LogP contribution is -1.97. The van der Waals surface area contributed by atoms with Gasteiger partial charge in [0.1, 0.15) is 0 Å². The molecule has 0 radical (unpaired) electrons. The van der Waals surface area contributed by atoms with Crippen molar-refractivity contribution in [3.8, 4) is 0 Å². The molecule has 0 aromatic heterocycles. The average molecular weight is 332 g/mol. The molecule has 0 saturated carbocycles. The summed E-state index contributed by atoms with van der Waals surface area (Å²) in [5.41, 5.74) is 1.74. The summed E-state index contributed by atoms with van der Waals surface area (Å²) in [6.07, 6.45) is 0.567. The number of alkyl halides is 1. The lowest BCUT2D eigenvalue weighted by atomic mass is 10.0. The van der Waals surface area contributed by atoms with Gasteiger partial charge >= 0.3 is 0 Å². The van der Waals surface area contributed by atoms with E-state index in [1.807, 2.05) is 18.2 Å². The van der Waals surface area contributed by atoms with Crippen molar-refractivity contribution in [2.45, 2.75) is 11.2 Å². The number of rotatable bonds is 3. The second-order valence-electron chi connectivity index (χ2n) is 3.98. The smallest absolute Gasteiger partial charge is 0.159 e. The molecule has 0 bridgehead atoms. The van der Waals surface area contributed by atoms with Gasteiger partial charge in [0.15, 0.2) is 11.6 Å². The third-order valence-electron chi connectivity index (χ3n) is 2.61. The molecule has 0 saturated heterocycles. The molecule has 94 valence electrons. The summed E-state index contributed by atoms with van der Waals surface area (Å²) in [5.74, 6) is -1.65. The topological polar surface area (TPSA) is 0 Å². The largest absolute Gasteiger partial charge is 0.204 e. The molecule has 2 rings (SSSR count). The minimum Gasteiger partial charge on any atom is -0.204 e. The van der Waals surface area contributed by atoms with E-state index in [2.05, 4.69) is 15.9 Å². The minimum atomic E-state index is -0.826. The van der Waals surface area contributed by atoms with Crippen molar-refractivity contribution in [3.05, 3.63) is 70.2 Å². The van der Waals surface area contributed by atoms with E-state index < -0.39 is 11.6 Å². The molecular weight excluding hydrogens is 322 g/mol. The second kappa shape index (κ2) is 5.81. The van der Waals surface area contributed by atoms with Crippen LogP contribution in [0.25, 0.3) is 0 Å². The molecule has 0 aliphatic rings. The van der Waals surface area contributed by atoms with Gasteiger partial charge in [0.2, 0.25) is 0 Å². The van der Waals surface area contributed by atoms with Crippen molar-refractivity contribution in [3.63, 3.8) is 0 Å². The zero-order valence-electron chi connectivity index (χ0n) is 9.34. The molecule has 0 fully saturated rings. The molecule has 0 nitrogen and oxygen atoms in total. The summed E-state index contributed by atoms with van der Waals surface area (Å²) in [4.78, 5) is 0.0149. The van der Waals surface area contributed by atoms with Crippen LogP contribution in [0, 0.1) is 11.6 Å². The fraction of sp³-hybridized carbons (Fsp3) is 0.143. The van der Waals surface area contributed by atoms with E-state index >= 15 is 0 Å². The summed E-state index contributed by atoms with van der Waals surface area (Å²) < 4.78 is 25.9. The van der Waals surface area contributed by atoms with E-state index in [-0.39, 0.29) is 4.83 Å². The fourth-order valence-electron chi connectivity index (χ4n) is 1.69. The van der Waals surface area contributed by atoms with E-state index in [1.54, 1.807) is 12.1 Å². The van der Waals surface area contributed by atoms with Gasteiger partial charge < -0.3 is 0 Å². The minimum absolute atomic E-state index is 0.0149. The van der Waals surface area contributed by atoms with Crippen LogP contribution < -0.4 is 0 Å². The maximum atomic E-state index is 13.1. The van der Waals surface area contributed by atoms with Gasteiger partial charge in [0.25, 0.3) is 0 Å². The predicted molar refractivity (Wildman–Crippen MR) is 73.2 cm³/mol. The maximum absolute atomic E-state index is 13.1. The van der Waals surface area contributed by atoms with Crippen LogP contribution in [-0.2, 0) is 6.42 Å². The zero-order chi connectivity index (χ0) is 13.1. The Labute approximate surface area is 118 Å². The van der Waals surface area contributed by atoms with Crippen LogP contribution >= 0.6 is 27.5 Å². The monoisotopic (exact) mass is 330 g/mol. The van der Waals surface area contributed by atoms with E-state index in [0.717, 1.165) is 17.2 Å². The molecule has 1 atom stereocenters. The molecule has 0 aliphatic carbocycles. The van der Waals surface area contributed by atoms with Crippen LogP contribution in [0.2, 0.25) is 5.02 Å². The Kier molecular flexibility index (Phi) is 4.36. The van der Waals surface area contributed by atoms with Crippen molar-refractivity contribution in [1.82, 2.24) is 0 Å². The Balaban J connectivity index is 2.16. The van der Waals surface area contributed by atoms with Crippen LogP contribution in [-0.4, -0.2) is 0 Å². The third kappa shape index (κ3) is 3.30. The molecule has 4 heteroatoms. The fourth-order valence-corrected chi connectivity index (χ4v) is 2.55. The molecule has 0 amide bonds. The number of benzene rings is 2. The van der Waals surface area contributed by atoms with Gasteiger partial charge in [-0.2, -0.15) is 0 Å². The van der Waals surface area contributed by atoms with Gasteiger partial charge in [0.05, 0.1) is 0 Å². The van der Waals surface area contributed by atoms with Crippen LogP contribution in [0.3, 0.4) is 0 Å². The van der Waals surface area contributed by atoms with Crippen LogP contribution in [0.1, 0.15) is 16.0 Å². The summed E-state index contributed by atoms with van der Waals surface area (Å²) in [6.45, 7) is 0. The van der Waals surface area contributed by atoms with Crippen molar-refractivity contribution in [1.29, 1.82) is 0 Å². The highest BCUT2D eigenvalue weighted by Gasteiger charge is 2.10. The Bertz CT molecular complexity index is 557. The third-order valence-corrected chi connectivity index (χ3v) is 3.70. The molecule has 2 aromatic rings. The Hall–Kier alpha value is -0.930. The molecule has 1 unspecified atom stereocenters. The maximum Gasteiger partial charge on any atom is 0.159 e. The highest BCUT2D eigenvalue weighted by atomic mass is 79.9. The average Bonchev–Trinajstić information content (AvgIpc) is 2.34. The van der Waals surface area contributed by atoms with Crippen LogP contribution in [0.5, 0.6) is 0 Å². The number of halogens is 4. The zero-order valence-corrected chi connectivity index (χ0v) is 11.7. The van der Waals surface area contributed by atoms with Gasteiger partial charge in [-0.05, 0) is 41.8 Å². The van der Waals surface area contributed by atoms with Crippen molar-refractivity contribution in [2.24, 2.45) is 0 Å². The van der Waals surface area contributed by atoms with Gasteiger partial charge in [-0.3, -0.25) is 0 Å². The summed E-state index contributed by atoms with van der Waals surface area (Å²) in [7, 11) is 0. The summed E-state index contributed by atoms with van der Waals surface area (Å²) in [5, 5.41) is 0.655. The molecule has 0 heterocycles. The Morgan fingerprint density at radius 1 is 1.06 bits per heavy atom. The van der Waals surface area contributed by atoms with Gasteiger partial charge in [0, 0.05) is 9.85 Å². The standard InChI is InChI=1S/C14H10BrClF2/c15-12(10-2-1-3-11(16)8-10)6-9-4-5-13(17)14(18)7-9/h1-5,7-8,12H,6H2. The molecule has 0 spiro atoms. The molecule has 2 aromatic carbocycles. The second-order valence-corrected chi connectivity index (χ2v) is 5.52. The van der Waals surface area contributed by atoms with Crippen LogP contribution in [0.15, 0.2) is 42.5 Å². The summed E-state index contributed by atoms with van der Waals surface area (Å²) >= 11 is 9.43. The quantitative estimate of drug-likeness (QED) is 0.670. The number of hydrogen-bond donors (Lipinski definition) is 0. The van der Waals surface area contributed by atoms with E-state index in [9.17, 15) is 8.78 Å². The first-order valence-electron chi connectivity index (χ1n) is 5.40. The number of hydrogen-bond acceptors (Lipinski definition) is 0. The first-order chi connectivity index (χ1) is 8.56. The van der Waals surface area contributed by atoms with Crippen molar-refractivity contribution < 1.29 is 8.78 Å². The van der Waals surface area contributed by atoms with Crippen LogP contribution in [0.4, 0.5) is 8.78 Å². The Morgan fingerprint density at radius 3 is 2.50 bits per heavy atom. The van der Waals surface area contributed by atoms with E-state index in [1.165, 1.54) is 6.07 Å². The summed E-state index contributed by atoms with van der Waals surface area (Å²) in [6, 6.07) is 11.4. The van der Waals surface area contributed by atoms with Gasteiger partial charge in [-0.25, -0.2) is 8.78 Å². The van der Waals surface area contributed by atoms with Crippen molar-refractivity contribution in [2.75, 3.05) is 0 Å². The molecule has 18 heavy (non-hydrogen) atoms. The normalized spacial score (nSPS) is 12.4. The molecule has 0 aliphatic heterocycles. The predicted octanol–water partition coefficient (Wildman–Crippen LogP) is 5.30. The highest BCUT2D eigenvalue weighted by Crippen LogP contribution is 2.29. The molecule has 0 N–H and O–H groups in total. The SMILES string of the molecule is Fc1ccc(CC(Br)c2cccc(Cl)c2)cc1F. The first kappa shape index (κ1) is 13.5. The lowest BCUT2D eigenvalue weighted by Gasteiger charge is -2.11. The van der Waals surface area contributed by atoms with E-state index in [0.29, 0.717) is 11.4 Å². The molecular formula is C14H10BrClF2. The highest BCUT2D eigenvalue weighted by molar-refractivity contribution is 9.09. The van der Waals surface area contributed by atoms with Gasteiger partial charge in [-0.1, -0.05) is 45.7 Å². The van der Waals surface area contributed by atoms with E-state index in [4.69, 9.17) is 11.6 Å². The van der Waals surface area contributed by atoms with Crippen molar-refractivity contribution >= 4 is 27.5 Å².